The molecule has 1 heterocycles. The molecule has 4 heteroatoms. The number of pyridine rings is 1. The highest BCUT2D eigenvalue weighted by molar-refractivity contribution is 8.21. The van der Waals surface area contributed by atoms with E-state index in [9.17, 15) is 5.11 Å². The van der Waals surface area contributed by atoms with Crippen molar-refractivity contribution in [1.82, 2.24) is 4.98 Å². The van der Waals surface area contributed by atoms with Gasteiger partial charge in [-0.15, -0.1) is 23.5 Å². The van der Waals surface area contributed by atoms with Crippen LogP contribution in [0.4, 0.5) is 0 Å². The summed E-state index contributed by atoms with van der Waals surface area (Å²) in [5, 5.41) is 11.1. The van der Waals surface area contributed by atoms with E-state index in [4.69, 9.17) is 0 Å². The van der Waals surface area contributed by atoms with Crippen molar-refractivity contribution >= 4 is 23.5 Å². The third-order valence-corrected chi connectivity index (χ3v) is 5.88. The summed E-state index contributed by atoms with van der Waals surface area (Å²) in [4.78, 5) is 4.37. The van der Waals surface area contributed by atoms with Crippen LogP contribution >= 0.6 is 23.5 Å². The minimum absolute atomic E-state index is 0.633. The SMILES string of the molecule is CSC(SC)=C1CCCCC1(O)Cc1ccccn1. The molecule has 0 bridgehead atoms. The molecule has 0 saturated heterocycles. The molecule has 1 aromatic heterocycles. The van der Waals surface area contributed by atoms with Crippen LogP contribution in [0.2, 0.25) is 0 Å². The summed E-state index contributed by atoms with van der Waals surface area (Å²) in [6.07, 6.45) is 10.8. The predicted octanol–water partition coefficient (Wildman–Crippen LogP) is 3.87. The first-order valence-corrected chi connectivity index (χ1v) is 9.08. The molecule has 0 aliphatic heterocycles. The summed E-state index contributed by atoms with van der Waals surface area (Å²) in [6.45, 7) is 0. The zero-order valence-corrected chi connectivity index (χ0v) is 13.2. The number of aromatic nitrogens is 1. The van der Waals surface area contributed by atoms with E-state index < -0.39 is 5.60 Å². The molecular weight excluding hydrogens is 274 g/mol. The Morgan fingerprint density at radius 3 is 2.74 bits per heavy atom. The van der Waals surface area contributed by atoms with E-state index in [-0.39, 0.29) is 0 Å². The molecule has 1 aromatic rings. The van der Waals surface area contributed by atoms with E-state index in [1.807, 2.05) is 18.2 Å². The van der Waals surface area contributed by atoms with Gasteiger partial charge >= 0.3 is 0 Å². The van der Waals surface area contributed by atoms with Crippen molar-refractivity contribution in [1.29, 1.82) is 0 Å². The Labute approximate surface area is 124 Å². The maximum Gasteiger partial charge on any atom is 0.0930 e. The van der Waals surface area contributed by atoms with Crippen LogP contribution in [-0.2, 0) is 6.42 Å². The molecule has 1 atom stereocenters. The average Bonchev–Trinajstić information content (AvgIpc) is 2.43. The van der Waals surface area contributed by atoms with Crippen molar-refractivity contribution in [2.75, 3.05) is 12.5 Å². The van der Waals surface area contributed by atoms with E-state index in [2.05, 4.69) is 17.5 Å². The van der Waals surface area contributed by atoms with E-state index in [1.165, 1.54) is 16.2 Å². The smallest absolute Gasteiger partial charge is 0.0930 e. The highest BCUT2D eigenvalue weighted by Gasteiger charge is 2.36. The molecule has 0 radical (unpaired) electrons. The fourth-order valence-electron chi connectivity index (χ4n) is 2.72. The number of hydrogen-bond donors (Lipinski definition) is 1. The molecule has 0 spiro atoms. The molecule has 0 aromatic carbocycles. The van der Waals surface area contributed by atoms with Crippen LogP contribution in [0.3, 0.4) is 0 Å². The highest BCUT2D eigenvalue weighted by atomic mass is 32.2. The largest absolute Gasteiger partial charge is 0.385 e. The Morgan fingerprint density at radius 1 is 1.32 bits per heavy atom. The first-order valence-electron chi connectivity index (χ1n) is 6.63. The van der Waals surface area contributed by atoms with Crippen LogP contribution in [0.1, 0.15) is 31.4 Å². The summed E-state index contributed by atoms with van der Waals surface area (Å²) in [5.74, 6) is 0. The molecule has 1 unspecified atom stereocenters. The number of rotatable bonds is 4. The van der Waals surface area contributed by atoms with Gasteiger partial charge in [0.15, 0.2) is 0 Å². The quantitative estimate of drug-likeness (QED) is 0.914. The molecular formula is C15H21NOS2. The van der Waals surface area contributed by atoms with Gasteiger partial charge in [-0.05, 0) is 55.9 Å². The van der Waals surface area contributed by atoms with Gasteiger partial charge in [0, 0.05) is 22.5 Å². The van der Waals surface area contributed by atoms with Crippen LogP contribution < -0.4 is 0 Å². The standard InChI is InChI=1S/C15H21NOS2/c1-18-14(19-2)13-8-3-5-9-15(13,17)11-12-7-4-6-10-16-12/h4,6-7,10,17H,3,5,8-9,11H2,1-2H3. The Morgan fingerprint density at radius 2 is 2.11 bits per heavy atom. The van der Waals surface area contributed by atoms with Crippen molar-refractivity contribution in [3.05, 3.63) is 39.9 Å². The molecule has 1 saturated carbocycles. The summed E-state index contributed by atoms with van der Waals surface area (Å²) < 4.78 is 1.28. The van der Waals surface area contributed by atoms with Crippen LogP contribution in [0, 0.1) is 0 Å². The molecule has 0 amide bonds. The van der Waals surface area contributed by atoms with Crippen LogP contribution in [-0.4, -0.2) is 28.2 Å². The minimum Gasteiger partial charge on any atom is -0.385 e. The third kappa shape index (κ3) is 3.56. The second kappa shape index (κ2) is 6.82. The zero-order valence-electron chi connectivity index (χ0n) is 11.6. The number of thioether (sulfide) groups is 2. The van der Waals surface area contributed by atoms with Gasteiger partial charge in [0.05, 0.1) is 5.60 Å². The van der Waals surface area contributed by atoms with Gasteiger partial charge in [0.2, 0.25) is 0 Å². The number of hydrogen-bond acceptors (Lipinski definition) is 4. The highest BCUT2D eigenvalue weighted by Crippen LogP contribution is 2.42. The second-order valence-electron chi connectivity index (χ2n) is 4.91. The maximum absolute atomic E-state index is 11.1. The van der Waals surface area contributed by atoms with Gasteiger partial charge in [-0.3, -0.25) is 4.98 Å². The Bertz CT molecular complexity index is 441. The lowest BCUT2D eigenvalue weighted by Gasteiger charge is -2.36. The molecule has 1 aliphatic carbocycles. The normalized spacial score (nSPS) is 23.4. The fourth-order valence-corrected chi connectivity index (χ4v) is 4.47. The van der Waals surface area contributed by atoms with Gasteiger partial charge in [0.25, 0.3) is 0 Å². The first-order chi connectivity index (χ1) is 9.19. The summed E-state index contributed by atoms with van der Waals surface area (Å²) >= 11 is 3.50. The summed E-state index contributed by atoms with van der Waals surface area (Å²) in [6, 6.07) is 5.91. The van der Waals surface area contributed by atoms with E-state index in [0.29, 0.717) is 6.42 Å². The molecule has 2 rings (SSSR count). The van der Waals surface area contributed by atoms with Crippen molar-refractivity contribution in [3.8, 4) is 0 Å². The van der Waals surface area contributed by atoms with E-state index >= 15 is 0 Å². The van der Waals surface area contributed by atoms with Crippen molar-refractivity contribution in [2.24, 2.45) is 0 Å². The molecule has 1 aliphatic rings. The lowest BCUT2D eigenvalue weighted by molar-refractivity contribution is 0.0511. The summed E-state index contributed by atoms with van der Waals surface area (Å²) in [5.41, 5.74) is 1.50. The van der Waals surface area contributed by atoms with Gasteiger partial charge in [-0.1, -0.05) is 6.07 Å². The lowest BCUT2D eigenvalue weighted by atomic mass is 9.78. The Balaban J connectivity index is 2.29. The lowest BCUT2D eigenvalue weighted by Crippen LogP contribution is -2.37. The number of aliphatic hydroxyl groups is 1. The molecule has 19 heavy (non-hydrogen) atoms. The Hall–Kier alpha value is -0.450. The van der Waals surface area contributed by atoms with Crippen molar-refractivity contribution in [3.63, 3.8) is 0 Å². The van der Waals surface area contributed by atoms with Gasteiger partial charge in [0.1, 0.15) is 0 Å². The fraction of sp³-hybridized carbons (Fsp3) is 0.533. The van der Waals surface area contributed by atoms with Crippen LogP contribution in [0.5, 0.6) is 0 Å². The monoisotopic (exact) mass is 295 g/mol. The van der Waals surface area contributed by atoms with Gasteiger partial charge < -0.3 is 5.11 Å². The second-order valence-corrected chi connectivity index (χ2v) is 6.80. The van der Waals surface area contributed by atoms with Gasteiger partial charge in [-0.2, -0.15) is 0 Å². The minimum atomic E-state index is -0.700. The first kappa shape index (κ1) is 14.9. The average molecular weight is 295 g/mol. The van der Waals surface area contributed by atoms with E-state index in [0.717, 1.165) is 25.0 Å². The zero-order chi connectivity index (χ0) is 13.7. The van der Waals surface area contributed by atoms with Gasteiger partial charge in [-0.25, -0.2) is 0 Å². The molecule has 1 N–H and O–H groups in total. The third-order valence-electron chi connectivity index (χ3n) is 3.65. The van der Waals surface area contributed by atoms with Crippen molar-refractivity contribution in [2.45, 2.75) is 37.7 Å². The topological polar surface area (TPSA) is 33.1 Å². The molecule has 1 fully saturated rings. The summed E-state index contributed by atoms with van der Waals surface area (Å²) in [7, 11) is 0. The predicted molar refractivity (Wildman–Crippen MR) is 85.4 cm³/mol. The molecule has 2 nitrogen and oxygen atoms in total. The van der Waals surface area contributed by atoms with Crippen molar-refractivity contribution < 1.29 is 5.11 Å². The van der Waals surface area contributed by atoms with E-state index in [1.54, 1.807) is 29.7 Å². The van der Waals surface area contributed by atoms with Crippen LogP contribution in [0.15, 0.2) is 34.2 Å². The maximum atomic E-state index is 11.1. The number of nitrogens with zero attached hydrogens (tertiary/aromatic N) is 1. The molecule has 104 valence electrons. The Kier molecular flexibility index (Phi) is 5.37. The van der Waals surface area contributed by atoms with Crippen LogP contribution in [0.25, 0.3) is 0 Å².